The van der Waals surface area contributed by atoms with Gasteiger partial charge in [-0.2, -0.15) is 9.78 Å². The molecule has 0 saturated heterocycles. The molecule has 134 valence electrons. The van der Waals surface area contributed by atoms with Crippen LogP contribution in [0.2, 0.25) is 0 Å². The Morgan fingerprint density at radius 1 is 1.30 bits per heavy atom. The van der Waals surface area contributed by atoms with Gasteiger partial charge in [-0.1, -0.05) is 23.9 Å². The molecule has 3 heterocycles. The number of hydrogen-bond donors (Lipinski definition) is 0. The Kier molecular flexibility index (Phi) is 4.59. The van der Waals surface area contributed by atoms with Crippen LogP contribution in [0.15, 0.2) is 34.8 Å². The smallest absolute Gasteiger partial charge is 0.191 e. The predicted octanol–water partition coefficient (Wildman–Crippen LogP) is 3.32. The summed E-state index contributed by atoms with van der Waals surface area (Å²) in [5.74, 6) is -0.313. The number of nitrogens with zero attached hydrogens (tertiary/aromatic N) is 6. The van der Waals surface area contributed by atoms with Gasteiger partial charge in [-0.15, -0.1) is 16.4 Å². The van der Waals surface area contributed by atoms with Crippen molar-refractivity contribution < 1.29 is 4.79 Å². The standard InChI is InChI=1S/C18H14N6OS2/c1-10-8-26-17(20-10)13(7-19)15(25)9-27-18-22-14-6-4-3-5-12(14)16-21-11(2)23-24(16)18/h3-6,8,13H,9H2,1-2H3. The van der Waals surface area contributed by atoms with Crippen molar-refractivity contribution >= 4 is 45.4 Å². The van der Waals surface area contributed by atoms with E-state index in [1.807, 2.05) is 43.5 Å². The van der Waals surface area contributed by atoms with Crippen molar-refractivity contribution in [2.75, 3.05) is 5.75 Å². The highest BCUT2D eigenvalue weighted by Crippen LogP contribution is 2.27. The van der Waals surface area contributed by atoms with Crippen LogP contribution in [0.1, 0.15) is 22.4 Å². The van der Waals surface area contributed by atoms with Gasteiger partial charge in [-0.25, -0.2) is 15.0 Å². The number of nitriles is 1. The summed E-state index contributed by atoms with van der Waals surface area (Å²) in [5, 5.41) is 17.7. The second-order valence-corrected chi connectivity index (χ2v) is 7.78. The Morgan fingerprint density at radius 2 is 2.11 bits per heavy atom. The van der Waals surface area contributed by atoms with E-state index < -0.39 is 5.92 Å². The largest absolute Gasteiger partial charge is 0.297 e. The SMILES string of the molecule is Cc1csc(C(C#N)C(=O)CSc2nc3ccccc3c3nc(C)nn23)n1. The highest BCUT2D eigenvalue weighted by atomic mass is 32.2. The molecule has 27 heavy (non-hydrogen) atoms. The lowest BCUT2D eigenvalue weighted by molar-refractivity contribution is -0.116. The summed E-state index contributed by atoms with van der Waals surface area (Å²) in [7, 11) is 0. The quantitative estimate of drug-likeness (QED) is 0.378. The van der Waals surface area contributed by atoms with Crippen LogP contribution in [0.25, 0.3) is 16.6 Å². The Bertz CT molecular complexity index is 1210. The lowest BCUT2D eigenvalue weighted by Gasteiger charge is -2.07. The van der Waals surface area contributed by atoms with Gasteiger partial charge in [0.1, 0.15) is 10.8 Å². The minimum atomic E-state index is -0.857. The van der Waals surface area contributed by atoms with E-state index in [-0.39, 0.29) is 11.5 Å². The van der Waals surface area contributed by atoms with Crippen molar-refractivity contribution in [3.8, 4) is 6.07 Å². The number of ketones is 1. The summed E-state index contributed by atoms with van der Waals surface area (Å²) in [5.41, 5.74) is 2.31. The number of para-hydroxylation sites is 1. The monoisotopic (exact) mass is 394 g/mol. The van der Waals surface area contributed by atoms with E-state index in [9.17, 15) is 10.1 Å². The highest BCUT2D eigenvalue weighted by molar-refractivity contribution is 7.99. The third-order valence-corrected chi connectivity index (χ3v) is 5.91. The number of thiazole rings is 1. The molecule has 0 spiro atoms. The maximum atomic E-state index is 12.6. The number of benzene rings is 1. The summed E-state index contributed by atoms with van der Waals surface area (Å²) in [4.78, 5) is 26.0. The zero-order chi connectivity index (χ0) is 19.0. The summed E-state index contributed by atoms with van der Waals surface area (Å²) in [6.07, 6.45) is 0. The van der Waals surface area contributed by atoms with Crippen molar-refractivity contribution in [2.45, 2.75) is 24.9 Å². The van der Waals surface area contributed by atoms with Gasteiger partial charge in [-0.3, -0.25) is 4.79 Å². The van der Waals surface area contributed by atoms with E-state index in [4.69, 9.17) is 0 Å². The van der Waals surface area contributed by atoms with E-state index in [2.05, 4.69) is 26.1 Å². The summed E-state index contributed by atoms with van der Waals surface area (Å²) in [6.45, 7) is 3.66. The molecule has 1 unspecified atom stereocenters. The second-order valence-electron chi connectivity index (χ2n) is 5.95. The average molecular weight is 394 g/mol. The van der Waals surface area contributed by atoms with Crippen LogP contribution in [0.3, 0.4) is 0 Å². The Morgan fingerprint density at radius 3 is 2.85 bits per heavy atom. The van der Waals surface area contributed by atoms with Gasteiger partial charge in [0.15, 0.2) is 22.5 Å². The third kappa shape index (κ3) is 3.29. The maximum absolute atomic E-state index is 12.6. The fraction of sp³-hybridized carbons (Fsp3) is 0.222. The first-order valence-electron chi connectivity index (χ1n) is 8.16. The molecule has 7 nitrogen and oxygen atoms in total. The molecule has 0 N–H and O–H groups in total. The molecule has 1 atom stereocenters. The zero-order valence-corrected chi connectivity index (χ0v) is 16.2. The molecule has 0 fully saturated rings. The van der Waals surface area contributed by atoms with Gasteiger partial charge in [-0.05, 0) is 26.0 Å². The van der Waals surface area contributed by atoms with Gasteiger partial charge < -0.3 is 0 Å². The number of carbonyl (C=O) groups excluding carboxylic acids is 1. The van der Waals surface area contributed by atoms with Crippen LogP contribution >= 0.6 is 23.1 Å². The van der Waals surface area contributed by atoms with Crippen LogP contribution < -0.4 is 0 Å². The van der Waals surface area contributed by atoms with Gasteiger partial charge >= 0.3 is 0 Å². The Labute approximate surface area is 163 Å². The number of carbonyl (C=O) groups is 1. The van der Waals surface area contributed by atoms with E-state index in [1.54, 1.807) is 4.52 Å². The van der Waals surface area contributed by atoms with Crippen molar-refractivity contribution in [3.05, 3.63) is 46.2 Å². The zero-order valence-electron chi connectivity index (χ0n) is 14.6. The van der Waals surface area contributed by atoms with Crippen LogP contribution in [0.4, 0.5) is 0 Å². The molecule has 0 saturated carbocycles. The summed E-state index contributed by atoms with van der Waals surface area (Å²) >= 11 is 2.59. The number of aryl methyl sites for hydroxylation is 2. The predicted molar refractivity (Wildman–Crippen MR) is 104 cm³/mol. The van der Waals surface area contributed by atoms with Crippen LogP contribution in [-0.4, -0.2) is 36.1 Å². The highest BCUT2D eigenvalue weighted by Gasteiger charge is 2.24. The van der Waals surface area contributed by atoms with Crippen LogP contribution in [-0.2, 0) is 4.79 Å². The first kappa shape index (κ1) is 17.6. The Hall–Kier alpha value is -2.83. The first-order valence-corrected chi connectivity index (χ1v) is 10.0. The third-order valence-electron chi connectivity index (χ3n) is 3.93. The molecular formula is C18H14N6OS2. The van der Waals surface area contributed by atoms with Crippen molar-refractivity contribution in [2.24, 2.45) is 0 Å². The van der Waals surface area contributed by atoms with E-state index in [0.717, 1.165) is 16.6 Å². The average Bonchev–Trinajstić information content (AvgIpc) is 3.26. The molecule has 9 heteroatoms. The molecule has 3 aromatic heterocycles. The molecule has 1 aromatic carbocycles. The number of aromatic nitrogens is 5. The second kappa shape index (κ2) is 7.06. The fourth-order valence-corrected chi connectivity index (χ4v) is 4.43. The topological polar surface area (TPSA) is 96.8 Å². The first-order chi connectivity index (χ1) is 13.1. The van der Waals surface area contributed by atoms with Gasteiger partial charge in [0.2, 0.25) is 0 Å². The number of thioether (sulfide) groups is 1. The molecule has 0 aliphatic heterocycles. The molecule has 4 rings (SSSR count). The van der Waals surface area contributed by atoms with Crippen molar-refractivity contribution in [1.29, 1.82) is 5.26 Å². The molecule has 0 aliphatic carbocycles. The summed E-state index contributed by atoms with van der Waals surface area (Å²) in [6, 6.07) is 9.76. The molecular weight excluding hydrogens is 380 g/mol. The normalized spacial score (nSPS) is 12.3. The van der Waals surface area contributed by atoms with Crippen molar-refractivity contribution in [1.82, 2.24) is 24.6 Å². The van der Waals surface area contributed by atoms with E-state index in [1.165, 1.54) is 23.1 Å². The maximum Gasteiger partial charge on any atom is 0.191 e. The lowest BCUT2D eigenvalue weighted by atomic mass is 10.1. The lowest BCUT2D eigenvalue weighted by Crippen LogP contribution is -2.14. The molecule has 4 aromatic rings. The number of rotatable bonds is 5. The minimum Gasteiger partial charge on any atom is -0.297 e. The summed E-state index contributed by atoms with van der Waals surface area (Å²) < 4.78 is 1.66. The number of Topliss-reactive ketones (excluding diaryl/α,β-unsaturated/α-hetero) is 1. The van der Waals surface area contributed by atoms with Gasteiger partial charge in [0, 0.05) is 16.5 Å². The molecule has 0 aliphatic rings. The molecule has 0 amide bonds. The van der Waals surface area contributed by atoms with Crippen molar-refractivity contribution in [3.63, 3.8) is 0 Å². The van der Waals surface area contributed by atoms with Gasteiger partial charge in [0.05, 0.1) is 17.3 Å². The number of fused-ring (bicyclic) bond motifs is 3. The Balaban J connectivity index is 1.65. The van der Waals surface area contributed by atoms with Crippen LogP contribution in [0.5, 0.6) is 0 Å². The van der Waals surface area contributed by atoms with Crippen LogP contribution in [0, 0.1) is 25.2 Å². The minimum absolute atomic E-state index is 0.107. The van der Waals surface area contributed by atoms with E-state index in [0.29, 0.717) is 21.6 Å². The molecule has 0 bridgehead atoms. The van der Waals surface area contributed by atoms with Gasteiger partial charge in [0.25, 0.3) is 0 Å². The van der Waals surface area contributed by atoms with E-state index >= 15 is 0 Å². The fourth-order valence-electron chi connectivity index (χ4n) is 2.72. The molecule has 0 radical (unpaired) electrons. The number of hydrogen-bond acceptors (Lipinski definition) is 8.